The molecule has 94 valence electrons. The van der Waals surface area contributed by atoms with E-state index in [1.807, 2.05) is 0 Å². The molecule has 0 aromatic heterocycles. The molecular weight excluding hydrogens is 285 g/mol. The van der Waals surface area contributed by atoms with Crippen LogP contribution in [0.2, 0.25) is 10.0 Å². The standard InChI is InChI=1S/C14H7Cl2NO2/c15-9-5-8-10(11(16)12(9)17)14(19)7-4-2-1-3-6(7)13(8)18/h1-5H,17H2. The Balaban J connectivity index is 2.40. The van der Waals surface area contributed by atoms with Crippen molar-refractivity contribution in [1.82, 2.24) is 0 Å². The molecule has 0 radical (unpaired) electrons. The summed E-state index contributed by atoms with van der Waals surface area (Å²) in [6.45, 7) is 0. The first-order valence-electron chi connectivity index (χ1n) is 5.48. The molecule has 19 heavy (non-hydrogen) atoms. The number of nitrogen functional groups attached to an aromatic ring is 1. The van der Waals surface area contributed by atoms with Crippen LogP contribution in [0.1, 0.15) is 31.8 Å². The minimum Gasteiger partial charge on any atom is -0.396 e. The normalized spacial score (nSPS) is 13.2. The summed E-state index contributed by atoms with van der Waals surface area (Å²) in [6, 6.07) is 8.00. The van der Waals surface area contributed by atoms with Crippen molar-refractivity contribution in [3.05, 3.63) is 62.6 Å². The summed E-state index contributed by atoms with van der Waals surface area (Å²) in [5.41, 5.74) is 6.85. The lowest BCUT2D eigenvalue weighted by Gasteiger charge is -2.19. The molecule has 0 aliphatic heterocycles. The van der Waals surface area contributed by atoms with E-state index >= 15 is 0 Å². The number of anilines is 1. The molecular formula is C14H7Cl2NO2. The van der Waals surface area contributed by atoms with Crippen LogP contribution in [0, 0.1) is 0 Å². The van der Waals surface area contributed by atoms with E-state index in [9.17, 15) is 9.59 Å². The van der Waals surface area contributed by atoms with Gasteiger partial charge in [-0.15, -0.1) is 0 Å². The van der Waals surface area contributed by atoms with Crippen LogP contribution in [-0.2, 0) is 0 Å². The SMILES string of the molecule is Nc1c(Cl)cc2c(c1Cl)C(=O)c1ccccc1C2=O. The first-order chi connectivity index (χ1) is 9.02. The van der Waals surface area contributed by atoms with Crippen LogP contribution < -0.4 is 5.73 Å². The second kappa shape index (κ2) is 4.08. The molecule has 0 fully saturated rings. The van der Waals surface area contributed by atoms with Crippen molar-refractivity contribution in [3.8, 4) is 0 Å². The number of ketones is 2. The Bertz CT molecular complexity index is 753. The van der Waals surface area contributed by atoms with E-state index in [2.05, 4.69) is 0 Å². The highest BCUT2D eigenvalue weighted by Gasteiger charge is 2.32. The Morgan fingerprint density at radius 1 is 0.895 bits per heavy atom. The van der Waals surface area contributed by atoms with Crippen molar-refractivity contribution in [2.75, 3.05) is 5.73 Å². The van der Waals surface area contributed by atoms with Gasteiger partial charge in [-0.25, -0.2) is 0 Å². The highest BCUT2D eigenvalue weighted by atomic mass is 35.5. The highest BCUT2D eigenvalue weighted by Crippen LogP contribution is 2.38. The largest absolute Gasteiger partial charge is 0.396 e. The van der Waals surface area contributed by atoms with E-state index in [0.29, 0.717) is 11.1 Å². The molecule has 2 N–H and O–H groups in total. The molecule has 1 aliphatic carbocycles. The summed E-state index contributed by atoms with van der Waals surface area (Å²) in [5, 5.41) is 0.208. The average molecular weight is 292 g/mol. The number of nitrogens with two attached hydrogens (primary N) is 1. The molecule has 1 aliphatic rings. The number of rotatable bonds is 0. The van der Waals surface area contributed by atoms with Crippen molar-refractivity contribution < 1.29 is 9.59 Å². The van der Waals surface area contributed by atoms with E-state index in [1.54, 1.807) is 24.3 Å². The Kier molecular flexibility index (Phi) is 2.62. The number of benzene rings is 2. The minimum absolute atomic E-state index is 0.0374. The average Bonchev–Trinajstić information content (AvgIpc) is 2.42. The first kappa shape index (κ1) is 12.2. The van der Waals surface area contributed by atoms with Crippen LogP contribution in [0.3, 0.4) is 0 Å². The summed E-state index contributed by atoms with van der Waals surface area (Å²) < 4.78 is 0. The van der Waals surface area contributed by atoms with Crippen molar-refractivity contribution in [1.29, 1.82) is 0 Å². The lowest BCUT2D eigenvalue weighted by atomic mass is 9.84. The molecule has 0 spiro atoms. The van der Waals surface area contributed by atoms with Crippen molar-refractivity contribution in [2.24, 2.45) is 0 Å². The molecule has 0 amide bonds. The van der Waals surface area contributed by atoms with Crippen LogP contribution in [0.15, 0.2) is 30.3 Å². The molecule has 5 heteroatoms. The second-order valence-corrected chi connectivity index (χ2v) is 5.00. The quantitative estimate of drug-likeness (QED) is 0.646. The smallest absolute Gasteiger partial charge is 0.196 e. The molecule has 0 bridgehead atoms. The van der Waals surface area contributed by atoms with E-state index in [4.69, 9.17) is 28.9 Å². The van der Waals surface area contributed by atoms with Crippen LogP contribution in [0.5, 0.6) is 0 Å². The van der Waals surface area contributed by atoms with E-state index in [-0.39, 0.29) is 38.4 Å². The molecule has 0 atom stereocenters. The molecule has 0 saturated heterocycles. The Morgan fingerprint density at radius 3 is 2.11 bits per heavy atom. The van der Waals surface area contributed by atoms with Crippen LogP contribution in [-0.4, -0.2) is 11.6 Å². The fourth-order valence-corrected chi connectivity index (χ4v) is 2.74. The Morgan fingerprint density at radius 2 is 1.47 bits per heavy atom. The highest BCUT2D eigenvalue weighted by molar-refractivity contribution is 6.44. The fraction of sp³-hybridized carbons (Fsp3) is 0. The third kappa shape index (κ3) is 1.59. The maximum absolute atomic E-state index is 12.4. The molecule has 3 rings (SSSR count). The van der Waals surface area contributed by atoms with Gasteiger partial charge in [-0.1, -0.05) is 47.5 Å². The van der Waals surface area contributed by atoms with Crippen LogP contribution in [0.4, 0.5) is 5.69 Å². The van der Waals surface area contributed by atoms with Gasteiger partial charge >= 0.3 is 0 Å². The number of carbonyl (C=O) groups excluding carboxylic acids is 2. The zero-order valence-electron chi connectivity index (χ0n) is 9.54. The van der Waals surface area contributed by atoms with Gasteiger partial charge in [0.25, 0.3) is 0 Å². The zero-order chi connectivity index (χ0) is 13.7. The zero-order valence-corrected chi connectivity index (χ0v) is 11.0. The Labute approximate surface area is 118 Å². The minimum atomic E-state index is -0.307. The van der Waals surface area contributed by atoms with Crippen molar-refractivity contribution >= 4 is 40.5 Å². The lowest BCUT2D eigenvalue weighted by Crippen LogP contribution is -2.21. The number of carbonyl (C=O) groups is 2. The molecule has 2 aromatic carbocycles. The third-order valence-corrected chi connectivity index (χ3v) is 3.85. The lowest BCUT2D eigenvalue weighted by molar-refractivity contribution is 0.0979. The van der Waals surface area contributed by atoms with Gasteiger partial charge in [-0.05, 0) is 6.07 Å². The summed E-state index contributed by atoms with van der Waals surface area (Å²) in [6.07, 6.45) is 0. The number of fused-ring (bicyclic) bond motifs is 2. The summed E-state index contributed by atoms with van der Waals surface area (Å²) in [7, 11) is 0. The van der Waals surface area contributed by atoms with Gasteiger partial charge in [0.2, 0.25) is 0 Å². The maximum atomic E-state index is 12.4. The van der Waals surface area contributed by atoms with Gasteiger partial charge in [0.15, 0.2) is 11.6 Å². The topological polar surface area (TPSA) is 60.2 Å². The van der Waals surface area contributed by atoms with Crippen molar-refractivity contribution in [2.45, 2.75) is 0 Å². The van der Waals surface area contributed by atoms with Gasteiger partial charge in [-0.2, -0.15) is 0 Å². The predicted octanol–water partition coefficient (Wildman–Crippen LogP) is 3.35. The van der Waals surface area contributed by atoms with Gasteiger partial charge in [0.05, 0.1) is 21.3 Å². The molecule has 3 nitrogen and oxygen atoms in total. The van der Waals surface area contributed by atoms with Gasteiger partial charge in [0, 0.05) is 16.7 Å². The predicted molar refractivity (Wildman–Crippen MR) is 74.2 cm³/mol. The summed E-state index contributed by atoms with van der Waals surface area (Å²) in [4.78, 5) is 24.8. The summed E-state index contributed by atoms with van der Waals surface area (Å²) in [5.74, 6) is -0.576. The fourth-order valence-electron chi connectivity index (χ4n) is 2.19. The monoisotopic (exact) mass is 291 g/mol. The maximum Gasteiger partial charge on any atom is 0.196 e. The Hall–Kier alpha value is -1.84. The van der Waals surface area contributed by atoms with Gasteiger partial charge in [0.1, 0.15) is 0 Å². The number of hydrogen-bond acceptors (Lipinski definition) is 3. The molecule has 0 unspecified atom stereocenters. The number of hydrogen-bond donors (Lipinski definition) is 1. The van der Waals surface area contributed by atoms with E-state index < -0.39 is 0 Å². The van der Waals surface area contributed by atoms with E-state index in [0.717, 1.165) is 0 Å². The van der Waals surface area contributed by atoms with Crippen LogP contribution >= 0.6 is 23.2 Å². The molecule has 2 aromatic rings. The molecule has 0 saturated carbocycles. The second-order valence-electron chi connectivity index (χ2n) is 4.21. The van der Waals surface area contributed by atoms with Crippen LogP contribution in [0.25, 0.3) is 0 Å². The summed E-state index contributed by atoms with van der Waals surface area (Å²) >= 11 is 12.0. The van der Waals surface area contributed by atoms with Crippen molar-refractivity contribution in [3.63, 3.8) is 0 Å². The number of halogens is 2. The van der Waals surface area contributed by atoms with Gasteiger partial charge in [-0.3, -0.25) is 9.59 Å². The van der Waals surface area contributed by atoms with Gasteiger partial charge < -0.3 is 5.73 Å². The van der Waals surface area contributed by atoms with E-state index in [1.165, 1.54) is 6.07 Å². The molecule has 0 heterocycles. The first-order valence-corrected chi connectivity index (χ1v) is 6.24. The third-order valence-electron chi connectivity index (χ3n) is 3.14.